The Kier molecular flexibility index (Phi) is 24.5. The molecule has 0 amide bonds. The van der Waals surface area contributed by atoms with E-state index in [-0.39, 0.29) is 0 Å². The predicted octanol–water partition coefficient (Wildman–Crippen LogP) is 40.0. The third kappa shape index (κ3) is 17.9. The van der Waals surface area contributed by atoms with Crippen molar-refractivity contribution in [2.75, 3.05) is 14.7 Å². The SMILES string of the molecule is c1ccc(-c2ccc(N(c3ccc4oc5ccccc5c4c3)c3c(-c4ccccc4)cc(-c4ccccc4)cc3-c3ccccc3)cc2)cc1.c1ccc(-c2ccc(N(c3ccc4oc5ccccc5c4c3)c3c(-c4ccccc4)cccc3-c3ccccc3)cc2)cc1.c1ccc(-c2ccc(N(c3ccc4sc5ccccc5c4c3)c3c(-c4ccccc4)cc(-c4ccccc4)cc3-c3ccccc3)cc2)cc1. The van der Waals surface area contributed by atoms with Crippen molar-refractivity contribution in [1.29, 1.82) is 0 Å². The summed E-state index contributed by atoms with van der Waals surface area (Å²) in [4.78, 5) is 7.30. The molecule has 0 spiro atoms. The van der Waals surface area contributed by atoms with E-state index >= 15 is 0 Å². The maximum atomic E-state index is 6.30. The van der Waals surface area contributed by atoms with Gasteiger partial charge in [-0.05, 0) is 222 Å². The van der Waals surface area contributed by atoms with E-state index in [1.165, 1.54) is 109 Å². The number of benzene rings is 23. The molecule has 0 N–H and O–H groups in total. The Bertz CT molecular complexity index is 8440. The molecule has 0 atom stereocenters. The summed E-state index contributed by atoms with van der Waals surface area (Å²) in [5.41, 5.74) is 39.3. The molecule has 0 radical (unpaired) electrons. The van der Waals surface area contributed by atoms with Crippen LogP contribution in [0.3, 0.4) is 0 Å². The fourth-order valence-electron chi connectivity index (χ4n) is 20.3. The number of rotatable bonds is 20. The zero-order valence-electron chi connectivity index (χ0n) is 78.9. The first-order valence-corrected chi connectivity index (χ1v) is 49.8. The van der Waals surface area contributed by atoms with Crippen molar-refractivity contribution in [3.8, 4) is 122 Å². The zero-order valence-corrected chi connectivity index (χ0v) is 79.7. The minimum atomic E-state index is 0.875. The second-order valence-corrected chi connectivity index (χ2v) is 37.1. The van der Waals surface area contributed by atoms with Crippen LogP contribution in [0, 0.1) is 0 Å². The molecule has 5 nitrogen and oxygen atoms in total. The van der Waals surface area contributed by atoms with E-state index in [1.54, 1.807) is 0 Å². The quantitative estimate of drug-likeness (QED) is 0.0760. The van der Waals surface area contributed by atoms with Gasteiger partial charge in [0.1, 0.15) is 22.3 Å². The van der Waals surface area contributed by atoms with Gasteiger partial charge in [-0.2, -0.15) is 0 Å². The molecular formula is C138H95N3O2S. The normalized spacial score (nSPS) is 11.2. The van der Waals surface area contributed by atoms with E-state index in [2.05, 4.69) is 567 Å². The largest absolute Gasteiger partial charge is 0.456 e. The number of fused-ring (bicyclic) bond motifs is 9. The maximum Gasteiger partial charge on any atom is 0.135 e. The zero-order chi connectivity index (χ0) is 95.9. The lowest BCUT2D eigenvalue weighted by atomic mass is 9.89. The Morgan fingerprint density at radius 2 is 0.340 bits per heavy atom. The summed E-state index contributed by atoms with van der Waals surface area (Å²) >= 11 is 1.85. The molecule has 0 fully saturated rings. The van der Waals surface area contributed by atoms with E-state index in [0.29, 0.717) is 0 Å². The lowest BCUT2D eigenvalue weighted by molar-refractivity contribution is 0.668. The van der Waals surface area contributed by atoms with Gasteiger partial charge >= 0.3 is 0 Å². The number of hydrogen-bond acceptors (Lipinski definition) is 6. The second kappa shape index (κ2) is 40.0. The molecule has 26 rings (SSSR count). The molecule has 144 heavy (non-hydrogen) atoms. The van der Waals surface area contributed by atoms with Crippen LogP contribution in [0.5, 0.6) is 0 Å². The number of anilines is 9. The molecule has 680 valence electrons. The molecule has 0 saturated carbocycles. The lowest BCUT2D eigenvalue weighted by Crippen LogP contribution is -2.13. The van der Waals surface area contributed by atoms with E-state index in [9.17, 15) is 0 Å². The molecule has 0 aliphatic heterocycles. The molecule has 23 aromatic carbocycles. The summed E-state index contributed by atoms with van der Waals surface area (Å²) in [6.07, 6.45) is 0. The number of nitrogens with zero attached hydrogens (tertiary/aromatic N) is 3. The molecule has 0 unspecified atom stereocenters. The van der Waals surface area contributed by atoms with Crippen LogP contribution in [0.1, 0.15) is 0 Å². The fourth-order valence-corrected chi connectivity index (χ4v) is 21.4. The first-order valence-electron chi connectivity index (χ1n) is 49.0. The van der Waals surface area contributed by atoms with Gasteiger partial charge in [0.2, 0.25) is 0 Å². The Labute approximate surface area is 842 Å². The third-order valence-electron chi connectivity index (χ3n) is 27.2. The minimum absolute atomic E-state index is 0.875. The standard InChI is InChI=1S/C48H33NO.C48H33NS.C42H29NO/c2*1-5-15-34(16-6-1)36-25-27-40(28-26-36)49(41-29-30-47-45(33-41)42-23-13-14-24-46(42)50-47)48-43(37-19-9-3-10-20-37)31-39(35-17-7-2-8-18-35)32-44(48)38-21-11-4-12-22-38;1-4-13-30(14-5-1)31-23-25-34(26-24-31)43(35-27-28-41-39(29-35)38-19-10-11-22-40(38)44-41)42-36(32-15-6-2-7-16-32)20-12-21-37(42)33-17-8-3-9-18-33/h2*1-33H;1-29H. The van der Waals surface area contributed by atoms with Crippen molar-refractivity contribution in [2.24, 2.45) is 0 Å². The highest BCUT2D eigenvalue weighted by Crippen LogP contribution is 2.55. The van der Waals surface area contributed by atoms with Crippen molar-refractivity contribution >= 4 is 127 Å². The average Bonchev–Trinajstić information content (AvgIpc) is 0.927. The number of thiophene rings is 1. The highest BCUT2D eigenvalue weighted by molar-refractivity contribution is 7.25. The van der Waals surface area contributed by atoms with E-state index in [0.717, 1.165) is 128 Å². The summed E-state index contributed by atoms with van der Waals surface area (Å²) < 4.78 is 15.1. The maximum absolute atomic E-state index is 6.30. The van der Waals surface area contributed by atoms with Crippen LogP contribution in [0.2, 0.25) is 0 Å². The fraction of sp³-hybridized carbons (Fsp3) is 0. The van der Waals surface area contributed by atoms with Crippen LogP contribution in [-0.4, -0.2) is 0 Å². The van der Waals surface area contributed by atoms with E-state index in [4.69, 9.17) is 8.83 Å². The monoisotopic (exact) mass is 1860 g/mol. The molecule has 0 aliphatic rings. The van der Waals surface area contributed by atoms with Crippen LogP contribution < -0.4 is 14.7 Å². The van der Waals surface area contributed by atoms with Crippen LogP contribution in [-0.2, 0) is 0 Å². The Morgan fingerprint density at radius 1 is 0.125 bits per heavy atom. The van der Waals surface area contributed by atoms with Gasteiger partial charge < -0.3 is 23.5 Å². The number of furan rings is 2. The van der Waals surface area contributed by atoms with Crippen LogP contribution in [0.4, 0.5) is 51.2 Å². The predicted molar refractivity (Wildman–Crippen MR) is 611 cm³/mol. The number of hydrogen-bond donors (Lipinski definition) is 0. The van der Waals surface area contributed by atoms with Gasteiger partial charge in [0.25, 0.3) is 0 Å². The molecule has 0 bridgehead atoms. The van der Waals surface area contributed by atoms with Crippen molar-refractivity contribution < 1.29 is 8.83 Å². The topological polar surface area (TPSA) is 36.0 Å². The van der Waals surface area contributed by atoms with Crippen molar-refractivity contribution in [1.82, 2.24) is 0 Å². The summed E-state index contributed by atoms with van der Waals surface area (Å²) in [5, 5.41) is 6.98. The summed E-state index contributed by atoms with van der Waals surface area (Å²) in [6, 6.07) is 206. The van der Waals surface area contributed by atoms with Crippen LogP contribution in [0.15, 0.2) is 585 Å². The van der Waals surface area contributed by atoms with Crippen LogP contribution >= 0.6 is 11.3 Å². The van der Waals surface area contributed by atoms with E-state index in [1.807, 2.05) is 35.6 Å². The van der Waals surface area contributed by atoms with Crippen LogP contribution in [0.25, 0.3) is 186 Å². The molecule has 0 saturated heterocycles. The van der Waals surface area contributed by atoms with Gasteiger partial charge in [-0.15, -0.1) is 11.3 Å². The minimum Gasteiger partial charge on any atom is -0.456 e. The lowest BCUT2D eigenvalue weighted by Gasteiger charge is -2.31. The van der Waals surface area contributed by atoms with Gasteiger partial charge in [0, 0.05) is 109 Å². The highest BCUT2D eigenvalue weighted by atomic mass is 32.1. The summed E-state index contributed by atoms with van der Waals surface area (Å²) in [6.45, 7) is 0. The Morgan fingerprint density at radius 3 is 0.653 bits per heavy atom. The molecule has 6 heteroatoms. The summed E-state index contributed by atoms with van der Waals surface area (Å²) in [7, 11) is 0. The highest BCUT2D eigenvalue weighted by Gasteiger charge is 2.30. The smallest absolute Gasteiger partial charge is 0.135 e. The van der Waals surface area contributed by atoms with Gasteiger partial charge in [0.15, 0.2) is 0 Å². The van der Waals surface area contributed by atoms with Gasteiger partial charge in [0.05, 0.1) is 17.1 Å². The van der Waals surface area contributed by atoms with Crippen molar-refractivity contribution in [3.63, 3.8) is 0 Å². The Balaban J connectivity index is 0.000000117. The molecule has 3 aromatic heterocycles. The first kappa shape index (κ1) is 88.0. The Hall–Kier alpha value is -18.7. The molecule has 26 aromatic rings. The number of para-hydroxylation sites is 3. The van der Waals surface area contributed by atoms with Crippen molar-refractivity contribution in [3.05, 3.63) is 576 Å². The van der Waals surface area contributed by atoms with E-state index < -0.39 is 0 Å². The molecule has 0 aliphatic carbocycles. The molecule has 3 heterocycles. The molecular weight excluding hydrogens is 1760 g/mol. The van der Waals surface area contributed by atoms with Gasteiger partial charge in [-0.3, -0.25) is 0 Å². The first-order chi connectivity index (χ1) is 71.4. The second-order valence-electron chi connectivity index (χ2n) is 36.1. The third-order valence-corrected chi connectivity index (χ3v) is 28.4. The van der Waals surface area contributed by atoms with Crippen molar-refractivity contribution in [2.45, 2.75) is 0 Å². The van der Waals surface area contributed by atoms with Gasteiger partial charge in [-0.25, -0.2) is 0 Å². The average molecular weight is 1860 g/mol. The summed E-state index contributed by atoms with van der Waals surface area (Å²) in [5.74, 6) is 0. The van der Waals surface area contributed by atoms with Gasteiger partial charge in [-0.1, -0.05) is 443 Å².